The molecular formula is C13H17NO4. The van der Waals surface area contributed by atoms with Crippen molar-refractivity contribution in [2.24, 2.45) is 0 Å². The van der Waals surface area contributed by atoms with Gasteiger partial charge < -0.3 is 15.2 Å². The fourth-order valence-corrected chi connectivity index (χ4v) is 1.52. The Labute approximate surface area is 106 Å². The molecule has 1 aromatic carbocycles. The topological polar surface area (TPSA) is 75.6 Å². The number of carboxylic acid groups (broad SMARTS) is 1. The van der Waals surface area contributed by atoms with Gasteiger partial charge >= 0.3 is 5.97 Å². The Balaban J connectivity index is 2.77. The maximum absolute atomic E-state index is 11.8. The van der Waals surface area contributed by atoms with E-state index in [9.17, 15) is 9.59 Å². The van der Waals surface area contributed by atoms with Crippen molar-refractivity contribution >= 4 is 17.6 Å². The molecule has 0 fully saturated rings. The second-order valence-corrected chi connectivity index (χ2v) is 3.81. The summed E-state index contributed by atoms with van der Waals surface area (Å²) >= 11 is 0. The predicted molar refractivity (Wildman–Crippen MR) is 67.5 cm³/mol. The van der Waals surface area contributed by atoms with E-state index in [0.29, 0.717) is 17.9 Å². The Bertz CT molecular complexity index is 431. The van der Waals surface area contributed by atoms with Crippen molar-refractivity contribution in [2.75, 3.05) is 11.9 Å². The van der Waals surface area contributed by atoms with E-state index in [1.807, 2.05) is 6.92 Å². The number of carbonyl (C=O) groups is 2. The summed E-state index contributed by atoms with van der Waals surface area (Å²) in [5.41, 5.74) is 1.08. The highest BCUT2D eigenvalue weighted by molar-refractivity contribution is 5.95. The number of amides is 1. The second kappa shape index (κ2) is 6.76. The predicted octanol–water partition coefficient (Wildman–Crippen LogP) is 1.68. The van der Waals surface area contributed by atoms with Gasteiger partial charge in [0.15, 0.2) is 0 Å². The quantitative estimate of drug-likeness (QED) is 0.806. The van der Waals surface area contributed by atoms with Crippen LogP contribution in [0.2, 0.25) is 0 Å². The number of ether oxygens (including phenoxy) is 1. The Kier molecular flexibility index (Phi) is 5.32. The molecule has 0 heterocycles. The van der Waals surface area contributed by atoms with Crippen LogP contribution < -0.4 is 5.32 Å². The highest BCUT2D eigenvalue weighted by atomic mass is 16.5. The Morgan fingerprint density at radius 3 is 2.67 bits per heavy atom. The monoisotopic (exact) mass is 251 g/mol. The Morgan fingerprint density at radius 1 is 1.39 bits per heavy atom. The minimum atomic E-state index is -0.936. The number of nitrogens with one attached hydrogen (secondary N) is 1. The molecule has 0 aliphatic rings. The van der Waals surface area contributed by atoms with Crippen LogP contribution >= 0.6 is 0 Å². The van der Waals surface area contributed by atoms with E-state index in [1.54, 1.807) is 31.2 Å². The van der Waals surface area contributed by atoms with Crippen molar-refractivity contribution in [2.45, 2.75) is 26.4 Å². The van der Waals surface area contributed by atoms with Crippen LogP contribution in [0.3, 0.4) is 0 Å². The molecule has 1 rings (SSSR count). The molecule has 98 valence electrons. The lowest BCUT2D eigenvalue weighted by atomic mass is 10.1. The summed E-state index contributed by atoms with van der Waals surface area (Å²) < 4.78 is 5.17. The van der Waals surface area contributed by atoms with Crippen LogP contribution in [-0.4, -0.2) is 29.7 Å². The number of rotatable bonds is 6. The number of hydrogen-bond donors (Lipinski definition) is 2. The molecule has 18 heavy (non-hydrogen) atoms. The van der Waals surface area contributed by atoms with E-state index in [2.05, 4.69) is 5.32 Å². The molecule has 0 aliphatic carbocycles. The average molecular weight is 251 g/mol. The molecule has 1 aromatic rings. The minimum Gasteiger partial charge on any atom is -0.481 e. The van der Waals surface area contributed by atoms with E-state index in [4.69, 9.17) is 9.84 Å². The Hall–Kier alpha value is -1.88. The average Bonchev–Trinajstić information content (AvgIpc) is 2.31. The van der Waals surface area contributed by atoms with Crippen LogP contribution in [0.5, 0.6) is 0 Å². The summed E-state index contributed by atoms with van der Waals surface area (Å²) in [4.78, 5) is 22.5. The van der Waals surface area contributed by atoms with E-state index >= 15 is 0 Å². The summed E-state index contributed by atoms with van der Waals surface area (Å²) in [6.07, 6.45) is -0.688. The maximum atomic E-state index is 11.8. The Morgan fingerprint density at radius 2 is 2.06 bits per heavy atom. The van der Waals surface area contributed by atoms with Gasteiger partial charge in [-0.2, -0.15) is 0 Å². The maximum Gasteiger partial charge on any atom is 0.307 e. The molecule has 1 unspecified atom stereocenters. The number of benzene rings is 1. The molecule has 0 bridgehead atoms. The highest BCUT2D eigenvalue weighted by Gasteiger charge is 2.14. The number of anilines is 1. The van der Waals surface area contributed by atoms with Crippen LogP contribution in [0.1, 0.15) is 19.4 Å². The molecule has 5 nitrogen and oxygen atoms in total. The molecule has 0 spiro atoms. The van der Waals surface area contributed by atoms with E-state index in [0.717, 1.165) is 0 Å². The van der Waals surface area contributed by atoms with Crippen molar-refractivity contribution < 1.29 is 19.4 Å². The van der Waals surface area contributed by atoms with Crippen molar-refractivity contribution in [1.82, 2.24) is 0 Å². The van der Waals surface area contributed by atoms with E-state index < -0.39 is 12.1 Å². The van der Waals surface area contributed by atoms with Gasteiger partial charge in [-0.25, -0.2) is 0 Å². The van der Waals surface area contributed by atoms with Crippen LogP contribution in [0.25, 0.3) is 0 Å². The number of aliphatic carboxylic acids is 1. The number of carbonyl (C=O) groups excluding carboxylic acids is 1. The van der Waals surface area contributed by atoms with Gasteiger partial charge in [0.25, 0.3) is 5.91 Å². The zero-order valence-electron chi connectivity index (χ0n) is 10.5. The first-order chi connectivity index (χ1) is 8.54. The normalized spacial score (nSPS) is 11.9. The number of para-hydroxylation sites is 1. The molecule has 0 saturated carbocycles. The van der Waals surface area contributed by atoms with E-state index in [1.165, 1.54) is 0 Å². The molecule has 2 N–H and O–H groups in total. The second-order valence-electron chi connectivity index (χ2n) is 3.81. The fourth-order valence-electron chi connectivity index (χ4n) is 1.52. The van der Waals surface area contributed by atoms with Crippen LogP contribution in [-0.2, 0) is 20.7 Å². The number of hydrogen-bond acceptors (Lipinski definition) is 3. The van der Waals surface area contributed by atoms with Gasteiger partial charge in [0, 0.05) is 12.3 Å². The molecule has 0 aliphatic heterocycles. The zero-order chi connectivity index (χ0) is 13.5. The first-order valence-corrected chi connectivity index (χ1v) is 5.76. The van der Waals surface area contributed by atoms with Crippen molar-refractivity contribution in [1.29, 1.82) is 0 Å². The SMILES string of the molecule is CCOC(C)C(=O)Nc1ccccc1CC(=O)O. The standard InChI is InChI=1S/C13H17NO4/c1-3-18-9(2)13(17)14-11-7-5-4-6-10(11)8-12(15)16/h4-7,9H,3,8H2,1-2H3,(H,14,17)(H,15,16). The first-order valence-electron chi connectivity index (χ1n) is 5.76. The molecule has 0 aromatic heterocycles. The van der Waals surface area contributed by atoms with Gasteiger partial charge in [-0.3, -0.25) is 9.59 Å². The van der Waals surface area contributed by atoms with Crippen LogP contribution in [0, 0.1) is 0 Å². The molecule has 1 amide bonds. The highest BCUT2D eigenvalue weighted by Crippen LogP contribution is 2.16. The smallest absolute Gasteiger partial charge is 0.307 e. The van der Waals surface area contributed by atoms with Crippen molar-refractivity contribution in [3.8, 4) is 0 Å². The van der Waals surface area contributed by atoms with Crippen molar-refractivity contribution in [3.63, 3.8) is 0 Å². The lowest BCUT2D eigenvalue weighted by Gasteiger charge is -2.14. The molecule has 0 saturated heterocycles. The summed E-state index contributed by atoms with van der Waals surface area (Å²) in [6, 6.07) is 6.83. The summed E-state index contributed by atoms with van der Waals surface area (Å²) in [6.45, 7) is 3.91. The minimum absolute atomic E-state index is 0.126. The van der Waals surface area contributed by atoms with Gasteiger partial charge in [0.05, 0.1) is 6.42 Å². The summed E-state index contributed by atoms with van der Waals surface area (Å²) in [5, 5.41) is 11.5. The van der Waals surface area contributed by atoms with Gasteiger partial charge in [-0.15, -0.1) is 0 Å². The third-order valence-corrected chi connectivity index (χ3v) is 2.40. The fraction of sp³-hybridized carbons (Fsp3) is 0.385. The van der Waals surface area contributed by atoms with Crippen LogP contribution in [0.15, 0.2) is 24.3 Å². The third-order valence-electron chi connectivity index (χ3n) is 2.40. The van der Waals surface area contributed by atoms with E-state index in [-0.39, 0.29) is 12.3 Å². The third kappa shape index (κ3) is 4.18. The first kappa shape index (κ1) is 14.2. The molecule has 0 radical (unpaired) electrons. The lowest BCUT2D eigenvalue weighted by molar-refractivity contribution is -0.136. The zero-order valence-corrected chi connectivity index (χ0v) is 10.5. The molecular weight excluding hydrogens is 234 g/mol. The van der Waals surface area contributed by atoms with Gasteiger partial charge in [-0.1, -0.05) is 18.2 Å². The largest absolute Gasteiger partial charge is 0.481 e. The molecule has 1 atom stereocenters. The van der Waals surface area contributed by atoms with Crippen molar-refractivity contribution in [3.05, 3.63) is 29.8 Å². The van der Waals surface area contributed by atoms with Gasteiger partial charge in [-0.05, 0) is 25.5 Å². The van der Waals surface area contributed by atoms with Gasteiger partial charge in [0.1, 0.15) is 6.10 Å². The number of carboxylic acids is 1. The molecule has 5 heteroatoms. The lowest BCUT2D eigenvalue weighted by Crippen LogP contribution is -2.28. The summed E-state index contributed by atoms with van der Waals surface area (Å²) in [7, 11) is 0. The van der Waals surface area contributed by atoms with Crippen LogP contribution in [0.4, 0.5) is 5.69 Å². The van der Waals surface area contributed by atoms with Gasteiger partial charge in [0.2, 0.25) is 0 Å². The summed E-state index contributed by atoms with van der Waals surface area (Å²) in [5.74, 6) is -1.22.